The van der Waals surface area contributed by atoms with E-state index in [0.717, 1.165) is 23.6 Å². The number of hydrogen-bond acceptors (Lipinski definition) is 5. The van der Waals surface area contributed by atoms with Crippen LogP contribution in [0.3, 0.4) is 0 Å². The molecule has 0 bridgehead atoms. The molecule has 0 saturated heterocycles. The van der Waals surface area contributed by atoms with E-state index >= 15 is 0 Å². The smallest absolute Gasteiger partial charge is 0.131 e. The summed E-state index contributed by atoms with van der Waals surface area (Å²) in [6.07, 6.45) is -0.605. The van der Waals surface area contributed by atoms with Crippen LogP contribution in [0.5, 0.6) is 5.75 Å². The summed E-state index contributed by atoms with van der Waals surface area (Å²) in [6, 6.07) is 7.58. The van der Waals surface area contributed by atoms with Crippen LogP contribution in [-0.4, -0.2) is 48.1 Å². The average molecular weight is 343 g/mol. The summed E-state index contributed by atoms with van der Waals surface area (Å²) in [6.45, 7) is 4.75. The van der Waals surface area contributed by atoms with E-state index in [2.05, 4.69) is 11.0 Å². The Morgan fingerprint density at radius 3 is 2.68 bits per heavy atom. The van der Waals surface area contributed by atoms with Crippen molar-refractivity contribution in [2.75, 3.05) is 26.4 Å². The number of hydrogen-bond donors (Lipinski definition) is 1. The lowest BCUT2D eigenvalue weighted by Crippen LogP contribution is -2.48. The van der Waals surface area contributed by atoms with Gasteiger partial charge in [-0.3, -0.25) is 0 Å². The Morgan fingerprint density at radius 1 is 1.41 bits per heavy atom. The van der Waals surface area contributed by atoms with Crippen LogP contribution < -0.4 is 4.74 Å². The van der Waals surface area contributed by atoms with Crippen LogP contribution in [0.2, 0.25) is 0 Å². The summed E-state index contributed by atoms with van der Waals surface area (Å²) < 4.78 is 5.91. The molecule has 2 atom stereocenters. The summed E-state index contributed by atoms with van der Waals surface area (Å²) in [5.74, 6) is 1.69. The minimum absolute atomic E-state index is 0. The van der Waals surface area contributed by atoms with Crippen LogP contribution in [0, 0.1) is 11.3 Å². The molecule has 1 aromatic carbocycles. The molecule has 0 unspecified atom stereocenters. The Bertz CT molecular complexity index is 558. The maximum atomic E-state index is 10.6. The largest absolute Gasteiger partial charge is 0.485 e. The number of thioether (sulfide) groups is 1. The third kappa shape index (κ3) is 4.08. The molecule has 0 saturated carbocycles. The van der Waals surface area contributed by atoms with Gasteiger partial charge in [0, 0.05) is 17.9 Å². The van der Waals surface area contributed by atoms with Crippen LogP contribution in [0.1, 0.15) is 30.2 Å². The molecular weight excluding hydrogens is 320 g/mol. The van der Waals surface area contributed by atoms with Gasteiger partial charge in [0.05, 0.1) is 16.9 Å². The van der Waals surface area contributed by atoms with Gasteiger partial charge < -0.3 is 14.7 Å². The molecule has 6 heteroatoms. The van der Waals surface area contributed by atoms with Gasteiger partial charge in [0.2, 0.25) is 0 Å². The van der Waals surface area contributed by atoms with Crippen molar-refractivity contribution in [3.63, 3.8) is 0 Å². The highest BCUT2D eigenvalue weighted by Gasteiger charge is 2.43. The zero-order chi connectivity index (χ0) is 15.6. The first-order valence-electron chi connectivity index (χ1n) is 7.02. The molecule has 0 fully saturated rings. The zero-order valence-electron chi connectivity index (χ0n) is 13.4. The molecule has 1 aliphatic rings. The van der Waals surface area contributed by atoms with Gasteiger partial charge in [-0.2, -0.15) is 5.26 Å². The quantitative estimate of drug-likeness (QED) is 0.911. The fraction of sp³-hybridized carbons (Fsp3) is 0.562. The first-order chi connectivity index (χ1) is 9.85. The Morgan fingerprint density at radius 2 is 2.09 bits per heavy atom. The fourth-order valence-electron chi connectivity index (χ4n) is 2.35. The second kappa shape index (κ2) is 7.56. The normalized spacial score (nSPS) is 22.2. The number of ether oxygens (including phenoxy) is 1. The lowest BCUT2D eigenvalue weighted by molar-refractivity contribution is -0.0429. The first-order valence-corrected chi connectivity index (χ1v) is 8.07. The summed E-state index contributed by atoms with van der Waals surface area (Å²) in [5, 5.41) is 19.6. The van der Waals surface area contributed by atoms with E-state index in [1.54, 1.807) is 17.8 Å². The lowest BCUT2D eigenvalue weighted by atomic mass is 9.90. The standard InChI is InChI=1S/C16H22N2O2S.ClH/c1-16(2)15(19)14(21-8-7-18(3)4)12-9-11(10-17)5-6-13(12)20-16;/h5-6,9,14-15,19H,7-8H2,1-4H3;1H/t14-,15+;/m1./s1. The van der Waals surface area contributed by atoms with Gasteiger partial charge in [-0.25, -0.2) is 0 Å². The molecule has 1 aliphatic heterocycles. The third-order valence-corrected chi connectivity index (χ3v) is 4.94. The van der Waals surface area contributed by atoms with Crippen molar-refractivity contribution < 1.29 is 9.84 Å². The maximum Gasteiger partial charge on any atom is 0.131 e. The minimum Gasteiger partial charge on any atom is -0.485 e. The molecule has 0 aromatic heterocycles. The summed E-state index contributed by atoms with van der Waals surface area (Å²) in [7, 11) is 4.07. The van der Waals surface area contributed by atoms with Crippen molar-refractivity contribution in [3.05, 3.63) is 29.3 Å². The number of aliphatic hydroxyl groups is 1. The van der Waals surface area contributed by atoms with E-state index in [4.69, 9.17) is 10.00 Å². The van der Waals surface area contributed by atoms with Gasteiger partial charge in [-0.1, -0.05) is 0 Å². The number of fused-ring (bicyclic) bond motifs is 1. The van der Waals surface area contributed by atoms with E-state index < -0.39 is 11.7 Å². The van der Waals surface area contributed by atoms with Crippen LogP contribution in [-0.2, 0) is 0 Å². The predicted molar refractivity (Wildman–Crippen MR) is 92.9 cm³/mol. The molecule has 0 spiro atoms. The molecule has 0 amide bonds. The van der Waals surface area contributed by atoms with E-state index in [1.807, 2.05) is 40.1 Å². The Labute approximate surface area is 142 Å². The van der Waals surface area contributed by atoms with E-state index in [-0.39, 0.29) is 17.7 Å². The number of rotatable bonds is 4. The van der Waals surface area contributed by atoms with Crippen molar-refractivity contribution in [3.8, 4) is 11.8 Å². The predicted octanol–water partition coefficient (Wildman–Crippen LogP) is 2.85. The number of benzene rings is 1. The zero-order valence-corrected chi connectivity index (χ0v) is 15.0. The topological polar surface area (TPSA) is 56.5 Å². The van der Waals surface area contributed by atoms with E-state index in [1.165, 1.54) is 0 Å². The van der Waals surface area contributed by atoms with Gasteiger partial charge in [0.25, 0.3) is 0 Å². The van der Waals surface area contributed by atoms with Gasteiger partial charge in [-0.05, 0) is 46.1 Å². The lowest BCUT2D eigenvalue weighted by Gasteiger charge is -2.42. The van der Waals surface area contributed by atoms with Crippen molar-refractivity contribution >= 4 is 24.2 Å². The summed E-state index contributed by atoms with van der Waals surface area (Å²) in [4.78, 5) is 2.12. The van der Waals surface area contributed by atoms with Gasteiger partial charge in [-0.15, -0.1) is 24.2 Å². The van der Waals surface area contributed by atoms with Crippen molar-refractivity contribution in [1.82, 2.24) is 4.90 Å². The molecule has 1 aromatic rings. The molecule has 0 radical (unpaired) electrons. The highest BCUT2D eigenvalue weighted by atomic mass is 35.5. The van der Waals surface area contributed by atoms with Crippen molar-refractivity contribution in [2.45, 2.75) is 30.8 Å². The highest BCUT2D eigenvalue weighted by molar-refractivity contribution is 7.99. The Balaban J connectivity index is 0.00000242. The van der Waals surface area contributed by atoms with Crippen LogP contribution >= 0.6 is 24.2 Å². The van der Waals surface area contributed by atoms with Gasteiger partial charge in [0.1, 0.15) is 17.5 Å². The van der Waals surface area contributed by atoms with Crippen molar-refractivity contribution in [1.29, 1.82) is 5.26 Å². The Hall–Kier alpha value is -0.930. The number of nitriles is 1. The molecule has 2 rings (SSSR count). The summed E-state index contributed by atoms with van der Waals surface area (Å²) >= 11 is 1.72. The monoisotopic (exact) mass is 342 g/mol. The summed E-state index contributed by atoms with van der Waals surface area (Å²) in [5.41, 5.74) is 0.892. The maximum absolute atomic E-state index is 10.6. The molecular formula is C16H23ClN2O2S. The highest BCUT2D eigenvalue weighted by Crippen LogP contribution is 2.46. The molecule has 4 nitrogen and oxygen atoms in total. The third-order valence-electron chi connectivity index (χ3n) is 3.65. The molecule has 1 heterocycles. The fourth-order valence-corrected chi connectivity index (χ4v) is 3.95. The van der Waals surface area contributed by atoms with Gasteiger partial charge in [0.15, 0.2) is 0 Å². The average Bonchev–Trinajstić information content (AvgIpc) is 2.42. The van der Waals surface area contributed by atoms with E-state index in [0.29, 0.717) is 5.56 Å². The van der Waals surface area contributed by atoms with Crippen LogP contribution in [0.15, 0.2) is 18.2 Å². The Kier molecular flexibility index (Phi) is 6.57. The number of nitrogens with zero attached hydrogens (tertiary/aromatic N) is 2. The second-order valence-electron chi connectivity index (χ2n) is 6.11. The SMILES string of the molecule is CN(C)CCS[C@@H]1c2cc(C#N)ccc2OC(C)(C)[C@H]1O.Cl. The molecule has 22 heavy (non-hydrogen) atoms. The molecule has 1 N–H and O–H groups in total. The number of aliphatic hydroxyl groups excluding tert-OH is 1. The first kappa shape index (κ1) is 19.1. The van der Waals surface area contributed by atoms with Gasteiger partial charge >= 0.3 is 0 Å². The minimum atomic E-state index is -0.628. The van der Waals surface area contributed by atoms with Crippen LogP contribution in [0.25, 0.3) is 0 Å². The number of halogens is 1. The molecule has 122 valence electrons. The second-order valence-corrected chi connectivity index (χ2v) is 7.36. The van der Waals surface area contributed by atoms with E-state index in [9.17, 15) is 5.11 Å². The molecule has 0 aliphatic carbocycles. The van der Waals surface area contributed by atoms with Crippen LogP contribution in [0.4, 0.5) is 0 Å². The van der Waals surface area contributed by atoms with Crippen molar-refractivity contribution in [2.24, 2.45) is 0 Å².